The number of rotatable bonds is 9. The van der Waals surface area contributed by atoms with Crippen molar-refractivity contribution in [2.24, 2.45) is 17.8 Å². The molecule has 3 N–H and O–H groups in total. The molecule has 0 saturated heterocycles. The average Bonchev–Trinajstić information content (AvgIpc) is 3.04. The standard InChI is InChI=1S/C22H30N2O5/c1-14(25)29-13-24-21(26)11-10-20(23)22(27)28-12-19-17-8-4-2-6-15(17)16-7-3-5-9-18(16)19/h2,5-6,9,14-15,17,19,23,25H,3-4,7-8,10-13H2,1H3,(H,24,26). The van der Waals surface area contributed by atoms with E-state index in [0.29, 0.717) is 11.8 Å². The molecular weight excluding hydrogens is 372 g/mol. The van der Waals surface area contributed by atoms with Crippen LogP contribution in [0.15, 0.2) is 35.5 Å². The Kier molecular flexibility index (Phi) is 7.39. The lowest BCUT2D eigenvalue weighted by atomic mass is 9.78. The Balaban J connectivity index is 1.46. The largest absolute Gasteiger partial charge is 0.461 e. The summed E-state index contributed by atoms with van der Waals surface area (Å²) in [5.74, 6) is 0.107. The van der Waals surface area contributed by atoms with Crippen molar-refractivity contribution in [3.63, 3.8) is 0 Å². The van der Waals surface area contributed by atoms with Gasteiger partial charge in [-0.15, -0.1) is 0 Å². The summed E-state index contributed by atoms with van der Waals surface area (Å²) in [6.45, 7) is 1.61. The maximum absolute atomic E-state index is 12.3. The monoisotopic (exact) mass is 402 g/mol. The second-order valence-corrected chi connectivity index (χ2v) is 7.81. The smallest absolute Gasteiger partial charge is 0.351 e. The highest BCUT2D eigenvalue weighted by molar-refractivity contribution is 6.35. The van der Waals surface area contributed by atoms with E-state index >= 15 is 0 Å². The maximum Gasteiger partial charge on any atom is 0.351 e. The van der Waals surface area contributed by atoms with E-state index in [2.05, 4.69) is 29.6 Å². The van der Waals surface area contributed by atoms with Gasteiger partial charge in [0.05, 0.1) is 6.61 Å². The SMILES string of the molecule is CC(O)OCNC(=O)CCC(=N)C(=O)OCC1C2=C(CCC=C2)C2C=CCCC21. The third kappa shape index (κ3) is 5.42. The summed E-state index contributed by atoms with van der Waals surface area (Å²) in [5, 5.41) is 19.3. The first-order valence-corrected chi connectivity index (χ1v) is 10.3. The normalized spacial score (nSPS) is 25.9. The van der Waals surface area contributed by atoms with Gasteiger partial charge in [0.2, 0.25) is 5.91 Å². The molecule has 3 aliphatic rings. The molecule has 0 fully saturated rings. The zero-order valence-corrected chi connectivity index (χ0v) is 16.9. The number of allylic oxidation sites excluding steroid dienone is 5. The summed E-state index contributed by atoms with van der Waals surface area (Å²) in [7, 11) is 0. The quantitative estimate of drug-likeness (QED) is 0.238. The minimum absolute atomic E-state index is 0.00589. The fourth-order valence-electron chi connectivity index (χ4n) is 4.47. The number of ether oxygens (including phenoxy) is 2. The van der Waals surface area contributed by atoms with Crippen LogP contribution in [-0.4, -0.2) is 42.3 Å². The van der Waals surface area contributed by atoms with E-state index in [9.17, 15) is 9.59 Å². The van der Waals surface area contributed by atoms with Gasteiger partial charge < -0.3 is 19.9 Å². The molecule has 3 rings (SSSR count). The third-order valence-corrected chi connectivity index (χ3v) is 5.87. The average molecular weight is 402 g/mol. The minimum Gasteiger partial charge on any atom is -0.461 e. The number of fused-ring (bicyclic) bond motifs is 2. The van der Waals surface area contributed by atoms with E-state index in [1.165, 1.54) is 18.1 Å². The van der Waals surface area contributed by atoms with Crippen molar-refractivity contribution in [3.05, 3.63) is 35.5 Å². The van der Waals surface area contributed by atoms with Crippen LogP contribution < -0.4 is 5.32 Å². The summed E-state index contributed by atoms with van der Waals surface area (Å²) in [6, 6.07) is 0. The molecule has 0 aromatic heterocycles. The molecule has 29 heavy (non-hydrogen) atoms. The van der Waals surface area contributed by atoms with Gasteiger partial charge in [-0.1, -0.05) is 29.9 Å². The zero-order chi connectivity index (χ0) is 20.8. The fourth-order valence-corrected chi connectivity index (χ4v) is 4.47. The molecule has 0 aromatic carbocycles. The van der Waals surface area contributed by atoms with Crippen molar-refractivity contribution < 1.29 is 24.2 Å². The Bertz CT molecular complexity index is 737. The highest BCUT2D eigenvalue weighted by Gasteiger charge is 2.41. The van der Waals surface area contributed by atoms with Crippen LogP contribution in [0.2, 0.25) is 0 Å². The highest BCUT2D eigenvalue weighted by Crippen LogP contribution is 2.50. The third-order valence-electron chi connectivity index (χ3n) is 5.87. The summed E-state index contributed by atoms with van der Waals surface area (Å²) in [4.78, 5) is 23.9. The number of aliphatic hydroxyl groups excluding tert-OH is 1. The molecule has 0 bridgehead atoms. The second-order valence-electron chi connectivity index (χ2n) is 7.81. The Hall–Kier alpha value is -2.25. The maximum atomic E-state index is 12.3. The summed E-state index contributed by atoms with van der Waals surface area (Å²) < 4.78 is 10.3. The van der Waals surface area contributed by atoms with Crippen molar-refractivity contribution in [1.82, 2.24) is 5.32 Å². The van der Waals surface area contributed by atoms with Crippen LogP contribution in [0.4, 0.5) is 0 Å². The molecule has 7 heteroatoms. The van der Waals surface area contributed by atoms with Gasteiger partial charge in [0, 0.05) is 24.7 Å². The van der Waals surface area contributed by atoms with Gasteiger partial charge in [-0.3, -0.25) is 10.2 Å². The van der Waals surface area contributed by atoms with Gasteiger partial charge in [0.1, 0.15) is 12.4 Å². The minimum atomic E-state index is -0.965. The molecule has 0 aromatic rings. The van der Waals surface area contributed by atoms with E-state index in [1.807, 2.05) is 0 Å². The number of aliphatic hydroxyl groups is 1. The van der Waals surface area contributed by atoms with Gasteiger partial charge >= 0.3 is 5.97 Å². The number of esters is 1. The highest BCUT2D eigenvalue weighted by atomic mass is 16.6. The lowest BCUT2D eigenvalue weighted by Crippen LogP contribution is -2.30. The summed E-state index contributed by atoms with van der Waals surface area (Å²) >= 11 is 0. The van der Waals surface area contributed by atoms with Crippen molar-refractivity contribution in [1.29, 1.82) is 5.41 Å². The molecule has 0 saturated carbocycles. The number of carbonyl (C=O) groups is 2. The van der Waals surface area contributed by atoms with Crippen LogP contribution >= 0.6 is 0 Å². The lowest BCUT2D eigenvalue weighted by Gasteiger charge is -2.27. The number of amides is 1. The van der Waals surface area contributed by atoms with Gasteiger partial charge in [-0.05, 0) is 44.1 Å². The molecule has 4 unspecified atom stereocenters. The Labute approximate surface area is 171 Å². The van der Waals surface area contributed by atoms with E-state index < -0.39 is 12.3 Å². The van der Waals surface area contributed by atoms with Crippen LogP contribution in [0.1, 0.15) is 45.4 Å². The molecular formula is C22H30N2O5. The molecule has 0 radical (unpaired) electrons. The molecule has 0 aliphatic heterocycles. The number of hydrogen-bond acceptors (Lipinski definition) is 6. The van der Waals surface area contributed by atoms with Gasteiger partial charge in [-0.25, -0.2) is 4.79 Å². The van der Waals surface area contributed by atoms with Crippen molar-refractivity contribution in [3.8, 4) is 0 Å². The molecule has 0 spiro atoms. The second kappa shape index (κ2) is 9.98. The summed E-state index contributed by atoms with van der Waals surface area (Å²) in [5.41, 5.74) is 2.60. The Morgan fingerprint density at radius 3 is 2.93 bits per heavy atom. The predicted molar refractivity (Wildman–Crippen MR) is 108 cm³/mol. The Morgan fingerprint density at radius 2 is 2.14 bits per heavy atom. The lowest BCUT2D eigenvalue weighted by molar-refractivity contribution is -0.137. The molecule has 0 heterocycles. The van der Waals surface area contributed by atoms with Gasteiger partial charge in [0.25, 0.3) is 0 Å². The van der Waals surface area contributed by atoms with Gasteiger partial charge in [-0.2, -0.15) is 0 Å². The number of hydrogen-bond donors (Lipinski definition) is 3. The van der Waals surface area contributed by atoms with Crippen LogP contribution in [0.3, 0.4) is 0 Å². The topological polar surface area (TPSA) is 109 Å². The van der Waals surface area contributed by atoms with Gasteiger partial charge in [0.15, 0.2) is 6.29 Å². The summed E-state index contributed by atoms with van der Waals surface area (Å²) in [6.07, 6.45) is 12.3. The van der Waals surface area contributed by atoms with E-state index in [-0.39, 0.29) is 43.7 Å². The first-order chi connectivity index (χ1) is 14.0. The van der Waals surface area contributed by atoms with Crippen LogP contribution in [0.25, 0.3) is 0 Å². The van der Waals surface area contributed by atoms with Crippen LogP contribution in [0.5, 0.6) is 0 Å². The van der Waals surface area contributed by atoms with Crippen LogP contribution in [0, 0.1) is 23.2 Å². The van der Waals surface area contributed by atoms with E-state index in [4.69, 9.17) is 20.0 Å². The predicted octanol–water partition coefficient (Wildman–Crippen LogP) is 2.62. The molecule has 3 aliphatic carbocycles. The van der Waals surface area contributed by atoms with E-state index in [0.717, 1.165) is 25.7 Å². The molecule has 7 nitrogen and oxygen atoms in total. The molecule has 1 amide bonds. The van der Waals surface area contributed by atoms with Crippen LogP contribution in [-0.2, 0) is 19.1 Å². The number of nitrogens with one attached hydrogen (secondary N) is 2. The molecule has 4 atom stereocenters. The zero-order valence-electron chi connectivity index (χ0n) is 16.9. The molecule has 158 valence electrons. The van der Waals surface area contributed by atoms with Crippen molar-refractivity contribution in [2.45, 2.75) is 51.7 Å². The fraction of sp³-hybridized carbons (Fsp3) is 0.591. The van der Waals surface area contributed by atoms with Crippen molar-refractivity contribution >= 4 is 17.6 Å². The van der Waals surface area contributed by atoms with E-state index in [1.54, 1.807) is 0 Å². The first kappa shape index (κ1) is 21.5. The van der Waals surface area contributed by atoms with Crippen molar-refractivity contribution in [2.75, 3.05) is 13.3 Å². The first-order valence-electron chi connectivity index (χ1n) is 10.3. The number of carbonyl (C=O) groups excluding carboxylic acids is 2. The Morgan fingerprint density at radius 1 is 1.31 bits per heavy atom.